The summed E-state index contributed by atoms with van der Waals surface area (Å²) in [6.07, 6.45) is 3.62. The molecule has 0 aliphatic rings. The van der Waals surface area contributed by atoms with Crippen molar-refractivity contribution in [1.29, 1.82) is 0 Å². The lowest BCUT2D eigenvalue weighted by Gasteiger charge is -2.04. The molecule has 0 spiro atoms. The lowest BCUT2D eigenvalue weighted by atomic mass is 10.2. The lowest BCUT2D eigenvalue weighted by molar-refractivity contribution is 0.0950. The number of carbonyl (C=O) groups is 1. The number of pyridine rings is 1. The molecular formula is C16H14ClN3O2. The van der Waals surface area contributed by atoms with Crippen molar-refractivity contribution in [3.05, 3.63) is 65.1 Å². The largest absolute Gasteiger partial charge is 0.497 e. The van der Waals surface area contributed by atoms with Gasteiger partial charge in [0.05, 0.1) is 24.4 Å². The molecule has 0 atom stereocenters. The minimum Gasteiger partial charge on any atom is -0.497 e. The van der Waals surface area contributed by atoms with E-state index in [1.807, 2.05) is 16.7 Å². The zero-order valence-electron chi connectivity index (χ0n) is 11.9. The van der Waals surface area contributed by atoms with E-state index in [4.69, 9.17) is 16.3 Å². The minimum atomic E-state index is -0.155. The first-order chi connectivity index (χ1) is 10.7. The van der Waals surface area contributed by atoms with Gasteiger partial charge in [0.1, 0.15) is 11.4 Å². The van der Waals surface area contributed by atoms with Crippen molar-refractivity contribution in [3.63, 3.8) is 0 Å². The van der Waals surface area contributed by atoms with Crippen LogP contribution in [0.2, 0.25) is 5.02 Å². The Morgan fingerprint density at radius 2 is 2.00 bits per heavy atom. The summed E-state index contributed by atoms with van der Waals surface area (Å²) in [5.74, 6) is 0.562. The maximum absolute atomic E-state index is 12.1. The topological polar surface area (TPSA) is 55.6 Å². The van der Waals surface area contributed by atoms with E-state index in [-0.39, 0.29) is 5.91 Å². The van der Waals surface area contributed by atoms with Crippen molar-refractivity contribution in [2.75, 3.05) is 7.11 Å². The second kappa shape index (κ2) is 6.07. The Bertz CT molecular complexity index is 812. The molecule has 112 valence electrons. The van der Waals surface area contributed by atoms with Crippen LogP contribution in [0.25, 0.3) is 5.65 Å². The summed E-state index contributed by atoms with van der Waals surface area (Å²) >= 11 is 5.93. The highest BCUT2D eigenvalue weighted by molar-refractivity contribution is 6.30. The van der Waals surface area contributed by atoms with E-state index in [0.29, 0.717) is 22.9 Å². The molecule has 0 unspecified atom stereocenters. The standard InChI is InChI=1S/C16H14ClN3O2/c1-22-14-5-2-11(3-6-14)16(21)18-8-13-10-20-9-12(17)4-7-15(20)19-13/h2-7,9-10H,8H2,1H3,(H,18,21). The number of carbonyl (C=O) groups excluding carboxylic acids is 1. The van der Waals surface area contributed by atoms with Crippen molar-refractivity contribution in [2.45, 2.75) is 6.54 Å². The Hall–Kier alpha value is -2.53. The molecule has 1 N–H and O–H groups in total. The fraction of sp³-hybridized carbons (Fsp3) is 0.125. The molecule has 0 fully saturated rings. The number of methoxy groups -OCH3 is 1. The summed E-state index contributed by atoms with van der Waals surface area (Å²) in [6, 6.07) is 10.6. The van der Waals surface area contributed by atoms with Crippen LogP contribution in [0.1, 0.15) is 16.1 Å². The minimum absolute atomic E-state index is 0.155. The highest BCUT2D eigenvalue weighted by Gasteiger charge is 2.07. The van der Waals surface area contributed by atoms with Crippen LogP contribution in [0.4, 0.5) is 0 Å². The number of hydrogen-bond donors (Lipinski definition) is 1. The second-order valence-electron chi connectivity index (χ2n) is 4.76. The number of nitrogens with zero attached hydrogens (tertiary/aromatic N) is 2. The van der Waals surface area contributed by atoms with Crippen LogP contribution < -0.4 is 10.1 Å². The summed E-state index contributed by atoms with van der Waals surface area (Å²) in [6.45, 7) is 0.351. The van der Waals surface area contributed by atoms with Crippen molar-refractivity contribution in [2.24, 2.45) is 0 Å². The molecule has 3 rings (SSSR count). The van der Waals surface area contributed by atoms with Gasteiger partial charge in [-0.2, -0.15) is 0 Å². The number of imidazole rings is 1. The molecule has 5 nitrogen and oxygen atoms in total. The Morgan fingerprint density at radius 1 is 1.23 bits per heavy atom. The normalized spacial score (nSPS) is 10.6. The SMILES string of the molecule is COc1ccc(C(=O)NCc2cn3cc(Cl)ccc3n2)cc1. The van der Waals surface area contributed by atoms with E-state index < -0.39 is 0 Å². The van der Waals surface area contributed by atoms with Crippen LogP contribution in [-0.2, 0) is 6.54 Å². The van der Waals surface area contributed by atoms with Gasteiger partial charge in [-0.05, 0) is 36.4 Å². The van der Waals surface area contributed by atoms with E-state index in [0.717, 1.165) is 11.3 Å². The van der Waals surface area contributed by atoms with Crippen LogP contribution in [0, 0.1) is 0 Å². The van der Waals surface area contributed by atoms with Gasteiger partial charge in [0.15, 0.2) is 0 Å². The number of fused-ring (bicyclic) bond motifs is 1. The number of amides is 1. The summed E-state index contributed by atoms with van der Waals surface area (Å²) in [7, 11) is 1.59. The van der Waals surface area contributed by atoms with E-state index >= 15 is 0 Å². The zero-order chi connectivity index (χ0) is 15.5. The Balaban J connectivity index is 1.68. The van der Waals surface area contributed by atoms with E-state index in [1.165, 1.54) is 0 Å². The summed E-state index contributed by atoms with van der Waals surface area (Å²) in [5, 5.41) is 3.48. The van der Waals surface area contributed by atoms with E-state index in [1.54, 1.807) is 43.6 Å². The number of benzene rings is 1. The number of hydrogen-bond acceptors (Lipinski definition) is 3. The smallest absolute Gasteiger partial charge is 0.251 e. The van der Waals surface area contributed by atoms with Gasteiger partial charge >= 0.3 is 0 Å². The van der Waals surface area contributed by atoms with Crippen molar-refractivity contribution >= 4 is 23.2 Å². The quantitative estimate of drug-likeness (QED) is 0.805. The van der Waals surface area contributed by atoms with Gasteiger partial charge in [0.25, 0.3) is 5.91 Å². The highest BCUT2D eigenvalue weighted by atomic mass is 35.5. The second-order valence-corrected chi connectivity index (χ2v) is 5.19. The molecular weight excluding hydrogens is 302 g/mol. The fourth-order valence-corrected chi connectivity index (χ4v) is 2.29. The summed E-state index contributed by atoms with van der Waals surface area (Å²) in [5.41, 5.74) is 2.13. The average molecular weight is 316 g/mol. The van der Waals surface area contributed by atoms with Gasteiger partial charge in [-0.25, -0.2) is 4.98 Å². The number of halogens is 1. The lowest BCUT2D eigenvalue weighted by Crippen LogP contribution is -2.22. The molecule has 0 saturated heterocycles. The fourth-order valence-electron chi connectivity index (χ4n) is 2.12. The maximum Gasteiger partial charge on any atom is 0.251 e. The molecule has 0 bridgehead atoms. The molecule has 1 amide bonds. The highest BCUT2D eigenvalue weighted by Crippen LogP contribution is 2.13. The Morgan fingerprint density at radius 3 is 2.73 bits per heavy atom. The Labute approximate surface area is 132 Å². The summed E-state index contributed by atoms with van der Waals surface area (Å²) < 4.78 is 6.90. The van der Waals surface area contributed by atoms with Gasteiger partial charge in [-0.3, -0.25) is 4.79 Å². The third-order valence-electron chi connectivity index (χ3n) is 3.25. The predicted molar refractivity (Wildman–Crippen MR) is 84.4 cm³/mol. The third kappa shape index (κ3) is 3.04. The van der Waals surface area contributed by atoms with Crippen LogP contribution in [0.15, 0.2) is 48.8 Å². The van der Waals surface area contributed by atoms with Crippen LogP contribution in [0.5, 0.6) is 5.75 Å². The number of nitrogens with one attached hydrogen (secondary N) is 1. The summed E-state index contributed by atoms with van der Waals surface area (Å²) in [4.78, 5) is 16.5. The third-order valence-corrected chi connectivity index (χ3v) is 3.47. The van der Waals surface area contributed by atoms with E-state index in [2.05, 4.69) is 10.3 Å². The first-order valence-corrected chi connectivity index (χ1v) is 7.09. The number of aromatic nitrogens is 2. The molecule has 3 aromatic rings. The maximum atomic E-state index is 12.1. The monoisotopic (exact) mass is 315 g/mol. The molecule has 1 aromatic carbocycles. The van der Waals surface area contributed by atoms with Crippen molar-refractivity contribution in [3.8, 4) is 5.75 Å². The predicted octanol–water partition coefficient (Wildman–Crippen LogP) is 2.93. The van der Waals surface area contributed by atoms with Gasteiger partial charge in [-0.1, -0.05) is 11.6 Å². The van der Waals surface area contributed by atoms with Gasteiger partial charge in [-0.15, -0.1) is 0 Å². The molecule has 0 aliphatic heterocycles. The van der Waals surface area contributed by atoms with Gasteiger partial charge in [0, 0.05) is 18.0 Å². The van der Waals surface area contributed by atoms with Crippen LogP contribution in [-0.4, -0.2) is 22.4 Å². The first kappa shape index (κ1) is 14.4. The Kier molecular flexibility index (Phi) is 3.98. The molecule has 0 saturated carbocycles. The van der Waals surface area contributed by atoms with Crippen LogP contribution in [0.3, 0.4) is 0 Å². The molecule has 22 heavy (non-hydrogen) atoms. The molecule has 6 heteroatoms. The first-order valence-electron chi connectivity index (χ1n) is 6.71. The van der Waals surface area contributed by atoms with Gasteiger partial charge < -0.3 is 14.5 Å². The van der Waals surface area contributed by atoms with Gasteiger partial charge in [0.2, 0.25) is 0 Å². The number of ether oxygens (including phenoxy) is 1. The zero-order valence-corrected chi connectivity index (χ0v) is 12.7. The molecule has 0 radical (unpaired) electrons. The molecule has 2 heterocycles. The van der Waals surface area contributed by atoms with E-state index in [9.17, 15) is 4.79 Å². The molecule has 2 aromatic heterocycles. The average Bonchev–Trinajstić information content (AvgIpc) is 2.94. The molecule has 0 aliphatic carbocycles. The van der Waals surface area contributed by atoms with Crippen molar-refractivity contribution < 1.29 is 9.53 Å². The van der Waals surface area contributed by atoms with Crippen molar-refractivity contribution in [1.82, 2.24) is 14.7 Å². The van der Waals surface area contributed by atoms with Crippen LogP contribution >= 0.6 is 11.6 Å². The number of rotatable bonds is 4.